The smallest absolute Gasteiger partial charge is 0.264 e. The fraction of sp³-hybridized carbons (Fsp3) is 0. The number of carbonyl (C=O) groups is 1. The van der Waals surface area contributed by atoms with E-state index in [1.54, 1.807) is 18.2 Å². The number of phenolic OH excluding ortho intramolecular Hbond substituents is 1. The van der Waals surface area contributed by atoms with Crippen molar-refractivity contribution in [1.82, 2.24) is 5.32 Å². The molecule has 0 aliphatic carbocycles. The number of carbonyl (C=O) groups excluding carboxylic acids is 1. The van der Waals surface area contributed by atoms with Crippen LogP contribution < -0.4 is 5.32 Å². The predicted octanol–water partition coefficient (Wildman–Crippen LogP) is 4.08. The van der Waals surface area contributed by atoms with Crippen molar-refractivity contribution in [2.24, 2.45) is 4.99 Å². The van der Waals surface area contributed by atoms with E-state index in [0.717, 1.165) is 0 Å². The Morgan fingerprint density at radius 3 is 2.65 bits per heavy atom. The van der Waals surface area contributed by atoms with Crippen LogP contribution >= 0.6 is 23.4 Å². The van der Waals surface area contributed by atoms with Crippen molar-refractivity contribution in [2.45, 2.75) is 0 Å². The van der Waals surface area contributed by atoms with Crippen LogP contribution in [0.1, 0.15) is 5.56 Å². The number of nitrogens with zero attached hydrogens (tertiary/aromatic N) is 1. The highest BCUT2D eigenvalue weighted by Crippen LogP contribution is 2.30. The second-order valence-corrected chi connectivity index (χ2v) is 6.11. The summed E-state index contributed by atoms with van der Waals surface area (Å²) < 4.78 is 12.9. The van der Waals surface area contributed by atoms with Gasteiger partial charge in [0.25, 0.3) is 5.91 Å². The minimum Gasteiger partial charge on any atom is -0.506 e. The fourth-order valence-electron chi connectivity index (χ4n) is 1.88. The van der Waals surface area contributed by atoms with E-state index < -0.39 is 0 Å². The Labute approximate surface area is 140 Å². The average molecular weight is 349 g/mol. The zero-order valence-corrected chi connectivity index (χ0v) is 13.2. The predicted molar refractivity (Wildman–Crippen MR) is 90.3 cm³/mol. The van der Waals surface area contributed by atoms with Gasteiger partial charge in [-0.05, 0) is 59.8 Å². The molecule has 1 fully saturated rings. The molecule has 0 aromatic heterocycles. The van der Waals surface area contributed by atoms with Gasteiger partial charge in [0.2, 0.25) is 0 Å². The summed E-state index contributed by atoms with van der Waals surface area (Å²) in [6.45, 7) is 0. The average Bonchev–Trinajstić information content (AvgIpc) is 2.85. The maximum absolute atomic E-state index is 12.9. The van der Waals surface area contributed by atoms with E-state index >= 15 is 0 Å². The molecule has 1 amide bonds. The van der Waals surface area contributed by atoms with Gasteiger partial charge in [-0.3, -0.25) is 4.79 Å². The first-order valence-corrected chi connectivity index (χ1v) is 7.74. The van der Waals surface area contributed by atoms with E-state index in [0.29, 0.717) is 21.3 Å². The first-order chi connectivity index (χ1) is 11.0. The van der Waals surface area contributed by atoms with Crippen LogP contribution in [0.2, 0.25) is 5.02 Å². The van der Waals surface area contributed by atoms with E-state index in [1.165, 1.54) is 42.1 Å². The quantitative estimate of drug-likeness (QED) is 0.804. The van der Waals surface area contributed by atoms with Crippen molar-refractivity contribution < 1.29 is 14.3 Å². The van der Waals surface area contributed by atoms with Gasteiger partial charge in [0, 0.05) is 0 Å². The molecule has 0 unspecified atom stereocenters. The van der Waals surface area contributed by atoms with Gasteiger partial charge in [-0.25, -0.2) is 9.38 Å². The molecular formula is C16H10ClFN2O2S. The van der Waals surface area contributed by atoms with Crippen LogP contribution in [0, 0.1) is 5.82 Å². The van der Waals surface area contributed by atoms with Crippen molar-refractivity contribution in [3.63, 3.8) is 0 Å². The minimum absolute atomic E-state index is 0.0177. The lowest BCUT2D eigenvalue weighted by molar-refractivity contribution is -0.115. The van der Waals surface area contributed by atoms with Gasteiger partial charge in [0.15, 0.2) is 5.17 Å². The standard InChI is InChI=1S/C16H10ClFN2O2S/c17-12-7-9(1-6-13(12)21)8-14-15(22)20-16(23-14)19-11-4-2-10(18)3-5-11/h1-8,21H,(H,19,20,22)/b14-8-. The van der Waals surface area contributed by atoms with Crippen LogP contribution in [0.5, 0.6) is 5.75 Å². The van der Waals surface area contributed by atoms with Crippen molar-refractivity contribution in [3.05, 3.63) is 63.8 Å². The Hall–Kier alpha value is -2.31. The third-order valence-corrected chi connectivity index (χ3v) is 4.19. The molecule has 1 saturated heterocycles. The highest BCUT2D eigenvalue weighted by atomic mass is 35.5. The number of phenols is 1. The van der Waals surface area contributed by atoms with Crippen LogP contribution in [-0.4, -0.2) is 16.2 Å². The summed E-state index contributed by atoms with van der Waals surface area (Å²) in [5.74, 6) is -0.641. The third kappa shape index (κ3) is 3.72. The zero-order valence-electron chi connectivity index (χ0n) is 11.6. The number of amides is 1. The fourth-order valence-corrected chi connectivity index (χ4v) is 2.91. The molecule has 0 saturated carbocycles. The Kier molecular flexibility index (Phi) is 4.36. The van der Waals surface area contributed by atoms with Crippen LogP contribution in [-0.2, 0) is 4.79 Å². The summed E-state index contributed by atoms with van der Waals surface area (Å²) in [7, 11) is 0. The van der Waals surface area contributed by atoms with E-state index in [1.807, 2.05) is 0 Å². The van der Waals surface area contributed by atoms with E-state index in [-0.39, 0.29) is 22.5 Å². The van der Waals surface area contributed by atoms with Gasteiger partial charge < -0.3 is 10.4 Å². The van der Waals surface area contributed by atoms with Crippen molar-refractivity contribution in [1.29, 1.82) is 0 Å². The van der Waals surface area contributed by atoms with Crippen LogP contribution in [0.25, 0.3) is 6.08 Å². The maximum atomic E-state index is 12.9. The summed E-state index contributed by atoms with van der Waals surface area (Å²) >= 11 is 7.02. The van der Waals surface area contributed by atoms with E-state index in [4.69, 9.17) is 11.6 Å². The molecule has 3 rings (SSSR count). The number of benzene rings is 2. The molecular weight excluding hydrogens is 339 g/mol. The monoisotopic (exact) mass is 348 g/mol. The largest absolute Gasteiger partial charge is 0.506 e. The van der Waals surface area contributed by atoms with Crippen molar-refractivity contribution in [2.75, 3.05) is 0 Å². The second kappa shape index (κ2) is 6.44. The summed E-state index contributed by atoms with van der Waals surface area (Å²) in [4.78, 5) is 16.7. The number of aromatic hydroxyl groups is 1. The lowest BCUT2D eigenvalue weighted by Gasteiger charge is -1.98. The number of hydrogen-bond donors (Lipinski definition) is 2. The molecule has 0 atom stereocenters. The summed E-state index contributed by atoms with van der Waals surface area (Å²) in [5.41, 5.74) is 1.23. The Morgan fingerprint density at radius 2 is 1.96 bits per heavy atom. The molecule has 2 N–H and O–H groups in total. The maximum Gasteiger partial charge on any atom is 0.264 e. The van der Waals surface area contributed by atoms with Crippen LogP contribution in [0.3, 0.4) is 0 Å². The van der Waals surface area contributed by atoms with Crippen molar-refractivity contribution in [3.8, 4) is 5.75 Å². The highest BCUT2D eigenvalue weighted by molar-refractivity contribution is 8.18. The Balaban J connectivity index is 1.83. The normalized spacial score (nSPS) is 17.7. The number of nitrogens with one attached hydrogen (secondary N) is 1. The molecule has 0 radical (unpaired) electrons. The number of amidine groups is 1. The van der Waals surface area contributed by atoms with Crippen molar-refractivity contribution >= 4 is 46.2 Å². The first kappa shape index (κ1) is 15.6. The lowest BCUT2D eigenvalue weighted by Crippen LogP contribution is -2.19. The summed E-state index contributed by atoms with van der Waals surface area (Å²) in [5, 5.41) is 12.7. The molecule has 4 nitrogen and oxygen atoms in total. The zero-order chi connectivity index (χ0) is 16.4. The summed E-state index contributed by atoms with van der Waals surface area (Å²) in [6.07, 6.45) is 1.65. The molecule has 23 heavy (non-hydrogen) atoms. The van der Waals surface area contributed by atoms with Gasteiger partial charge in [0.05, 0.1) is 15.6 Å². The van der Waals surface area contributed by atoms with Crippen LogP contribution in [0.4, 0.5) is 10.1 Å². The molecule has 1 aliphatic heterocycles. The molecule has 0 spiro atoms. The third-order valence-electron chi connectivity index (χ3n) is 2.98. The highest BCUT2D eigenvalue weighted by Gasteiger charge is 2.23. The number of aliphatic imine (C=N–C) groups is 1. The number of rotatable bonds is 2. The number of thioether (sulfide) groups is 1. The van der Waals surface area contributed by atoms with Gasteiger partial charge >= 0.3 is 0 Å². The molecule has 2 aromatic rings. The Bertz CT molecular complexity index is 834. The molecule has 0 bridgehead atoms. The number of halogens is 2. The van der Waals surface area contributed by atoms with Gasteiger partial charge in [-0.1, -0.05) is 17.7 Å². The number of hydrogen-bond acceptors (Lipinski definition) is 4. The lowest BCUT2D eigenvalue weighted by atomic mass is 10.2. The van der Waals surface area contributed by atoms with Gasteiger partial charge in [-0.2, -0.15) is 0 Å². The van der Waals surface area contributed by atoms with Gasteiger partial charge in [0.1, 0.15) is 11.6 Å². The summed E-state index contributed by atoms with van der Waals surface area (Å²) in [6, 6.07) is 10.3. The second-order valence-electron chi connectivity index (χ2n) is 4.67. The first-order valence-electron chi connectivity index (χ1n) is 6.55. The Morgan fingerprint density at radius 1 is 1.22 bits per heavy atom. The minimum atomic E-state index is -0.346. The molecule has 116 valence electrons. The molecule has 2 aromatic carbocycles. The van der Waals surface area contributed by atoms with Gasteiger partial charge in [-0.15, -0.1) is 0 Å². The molecule has 7 heteroatoms. The molecule has 1 heterocycles. The van der Waals surface area contributed by atoms with Crippen LogP contribution in [0.15, 0.2) is 52.4 Å². The SMILES string of the molecule is O=C1NC(=Nc2ccc(F)cc2)S/C1=C\c1ccc(O)c(Cl)c1. The molecule has 1 aliphatic rings. The van der Waals surface area contributed by atoms with E-state index in [2.05, 4.69) is 10.3 Å². The van der Waals surface area contributed by atoms with E-state index in [9.17, 15) is 14.3 Å². The topological polar surface area (TPSA) is 61.7 Å².